The summed E-state index contributed by atoms with van der Waals surface area (Å²) in [5.41, 5.74) is 7.77. The standard InChI is InChI=1S/2C18H26O5.C8H11N/c2*1-18(2,3)23-16(19)12-15(17(20)21)10-7-11-22-13-14-8-5-4-6-9-14;1-7(9)8-5-3-2-4-6-8/h2*4-6,8-9,15H,7,10-13H2,1-3H3,(H,20,21);2-7H,9H2,1H3/t2*15-;7-/m001/s1. The van der Waals surface area contributed by atoms with Crippen LogP contribution in [0.1, 0.15) is 110 Å². The van der Waals surface area contributed by atoms with E-state index < -0.39 is 46.9 Å². The molecule has 0 aliphatic heterocycles. The molecule has 3 atom stereocenters. The fraction of sp³-hybridized carbons (Fsp3) is 0.500. The minimum Gasteiger partial charge on any atom is -0.481 e. The summed E-state index contributed by atoms with van der Waals surface area (Å²) in [4.78, 5) is 45.9. The Kier molecular flexibility index (Phi) is 23.1. The van der Waals surface area contributed by atoms with Crippen molar-refractivity contribution >= 4 is 23.9 Å². The molecule has 55 heavy (non-hydrogen) atoms. The van der Waals surface area contributed by atoms with Crippen LogP contribution >= 0.6 is 0 Å². The molecule has 3 rings (SSSR count). The van der Waals surface area contributed by atoms with Gasteiger partial charge >= 0.3 is 23.9 Å². The van der Waals surface area contributed by atoms with Gasteiger partial charge in [-0.1, -0.05) is 91.0 Å². The lowest BCUT2D eigenvalue weighted by molar-refractivity contribution is -0.160. The first kappa shape index (κ1) is 48.4. The first-order valence-electron chi connectivity index (χ1n) is 18.8. The van der Waals surface area contributed by atoms with Crippen LogP contribution < -0.4 is 5.73 Å². The SMILES string of the molecule is CC(C)(C)OC(=O)C[C@H](CCCOCc1ccccc1)C(=O)O.CC(C)(C)OC(=O)C[C@H](CCCOCc1ccccc1)C(=O)O.C[C@@H](N)c1ccccc1. The number of rotatable bonds is 19. The Morgan fingerprint density at radius 1 is 0.582 bits per heavy atom. The molecule has 304 valence electrons. The van der Waals surface area contributed by atoms with Crippen LogP contribution in [0.5, 0.6) is 0 Å². The van der Waals surface area contributed by atoms with Gasteiger partial charge in [0.2, 0.25) is 0 Å². The molecule has 0 aromatic heterocycles. The molecule has 0 radical (unpaired) electrons. The smallest absolute Gasteiger partial charge is 0.307 e. The van der Waals surface area contributed by atoms with Crippen molar-refractivity contribution in [3.63, 3.8) is 0 Å². The van der Waals surface area contributed by atoms with E-state index in [0.29, 0.717) is 52.1 Å². The van der Waals surface area contributed by atoms with E-state index in [-0.39, 0.29) is 18.9 Å². The van der Waals surface area contributed by atoms with Crippen molar-refractivity contribution in [1.29, 1.82) is 0 Å². The zero-order valence-electron chi connectivity index (χ0n) is 33.7. The third kappa shape index (κ3) is 26.0. The molecular formula is C44H63NO10. The first-order chi connectivity index (χ1) is 25.9. The summed E-state index contributed by atoms with van der Waals surface area (Å²) in [7, 11) is 0. The second kappa shape index (κ2) is 26.3. The van der Waals surface area contributed by atoms with Gasteiger partial charge in [-0.05, 0) is 90.8 Å². The van der Waals surface area contributed by atoms with Crippen LogP contribution in [-0.4, -0.2) is 58.5 Å². The van der Waals surface area contributed by atoms with Crippen LogP contribution in [0.15, 0.2) is 91.0 Å². The van der Waals surface area contributed by atoms with Crippen molar-refractivity contribution in [1.82, 2.24) is 0 Å². The van der Waals surface area contributed by atoms with Crippen LogP contribution in [0, 0.1) is 11.8 Å². The highest BCUT2D eigenvalue weighted by Gasteiger charge is 2.26. The predicted octanol–water partition coefficient (Wildman–Crippen LogP) is 8.54. The zero-order chi connectivity index (χ0) is 41.3. The second-order valence-corrected chi connectivity index (χ2v) is 15.2. The monoisotopic (exact) mass is 765 g/mol. The van der Waals surface area contributed by atoms with Crippen molar-refractivity contribution in [3.8, 4) is 0 Å². The Morgan fingerprint density at radius 3 is 1.18 bits per heavy atom. The Hall–Kier alpha value is -4.58. The van der Waals surface area contributed by atoms with Gasteiger partial charge in [0.1, 0.15) is 11.2 Å². The third-order valence-electron chi connectivity index (χ3n) is 7.60. The van der Waals surface area contributed by atoms with Crippen molar-refractivity contribution in [2.75, 3.05) is 13.2 Å². The molecule has 0 saturated carbocycles. The summed E-state index contributed by atoms with van der Waals surface area (Å²) < 4.78 is 21.4. The van der Waals surface area contributed by atoms with Gasteiger partial charge in [-0.25, -0.2) is 0 Å². The van der Waals surface area contributed by atoms with Crippen molar-refractivity contribution in [2.24, 2.45) is 17.6 Å². The minimum atomic E-state index is -0.973. The largest absolute Gasteiger partial charge is 0.481 e. The van der Waals surface area contributed by atoms with E-state index in [2.05, 4.69) is 0 Å². The summed E-state index contributed by atoms with van der Waals surface area (Å²) in [6, 6.07) is 29.8. The highest BCUT2D eigenvalue weighted by molar-refractivity contribution is 5.79. The molecule has 11 nitrogen and oxygen atoms in total. The molecule has 0 spiro atoms. The van der Waals surface area contributed by atoms with E-state index in [1.54, 1.807) is 41.5 Å². The lowest BCUT2D eigenvalue weighted by Crippen LogP contribution is -2.27. The van der Waals surface area contributed by atoms with Crippen LogP contribution in [0.2, 0.25) is 0 Å². The van der Waals surface area contributed by atoms with Crippen molar-refractivity contribution in [2.45, 2.75) is 117 Å². The normalized spacial score (nSPS) is 12.7. The Balaban J connectivity index is 0.000000449. The molecule has 0 saturated heterocycles. The molecule has 0 fully saturated rings. The van der Waals surface area contributed by atoms with Gasteiger partial charge in [-0.3, -0.25) is 19.2 Å². The molecule has 0 aliphatic carbocycles. The van der Waals surface area contributed by atoms with Gasteiger partial charge in [0.05, 0.1) is 37.9 Å². The summed E-state index contributed by atoms with van der Waals surface area (Å²) in [6.07, 6.45) is 1.75. The average Bonchev–Trinajstić information content (AvgIpc) is 3.10. The highest BCUT2D eigenvalue weighted by Crippen LogP contribution is 2.18. The van der Waals surface area contributed by atoms with Gasteiger partial charge in [-0.2, -0.15) is 0 Å². The Bertz CT molecular complexity index is 1410. The van der Waals surface area contributed by atoms with E-state index in [9.17, 15) is 29.4 Å². The Morgan fingerprint density at radius 2 is 0.909 bits per heavy atom. The Labute approximate surface area is 327 Å². The van der Waals surface area contributed by atoms with E-state index in [0.717, 1.165) is 11.1 Å². The van der Waals surface area contributed by atoms with E-state index in [1.165, 1.54) is 5.56 Å². The number of carbonyl (C=O) groups excluding carboxylic acids is 2. The van der Waals surface area contributed by atoms with E-state index in [4.69, 9.17) is 24.7 Å². The van der Waals surface area contributed by atoms with Gasteiger partial charge in [0, 0.05) is 19.3 Å². The third-order valence-corrected chi connectivity index (χ3v) is 7.60. The van der Waals surface area contributed by atoms with Gasteiger partial charge in [0.25, 0.3) is 0 Å². The fourth-order valence-corrected chi connectivity index (χ4v) is 4.94. The number of aliphatic carboxylic acids is 2. The summed E-state index contributed by atoms with van der Waals surface area (Å²) >= 11 is 0. The fourth-order valence-electron chi connectivity index (χ4n) is 4.94. The molecule has 0 heterocycles. The van der Waals surface area contributed by atoms with Crippen molar-refractivity contribution < 1.29 is 48.3 Å². The van der Waals surface area contributed by atoms with Crippen LogP contribution in [-0.2, 0) is 51.3 Å². The summed E-state index contributed by atoms with van der Waals surface area (Å²) in [6.45, 7) is 14.5. The van der Waals surface area contributed by atoms with Crippen LogP contribution in [0.3, 0.4) is 0 Å². The maximum absolute atomic E-state index is 11.7. The highest BCUT2D eigenvalue weighted by atomic mass is 16.6. The molecule has 0 unspecified atom stereocenters. The quantitative estimate of drug-likeness (QED) is 0.0789. The van der Waals surface area contributed by atoms with Crippen molar-refractivity contribution in [3.05, 3.63) is 108 Å². The molecule has 3 aromatic rings. The summed E-state index contributed by atoms with van der Waals surface area (Å²) in [5, 5.41) is 18.4. The zero-order valence-corrected chi connectivity index (χ0v) is 33.7. The number of ether oxygens (including phenoxy) is 4. The van der Waals surface area contributed by atoms with Gasteiger partial charge in [0.15, 0.2) is 0 Å². The lowest BCUT2D eigenvalue weighted by atomic mass is 10.00. The molecule has 3 aromatic carbocycles. The number of esters is 2. The molecule has 4 N–H and O–H groups in total. The minimum absolute atomic E-state index is 0.106. The number of carboxylic acid groups (broad SMARTS) is 2. The van der Waals surface area contributed by atoms with Crippen LogP contribution in [0.4, 0.5) is 0 Å². The average molecular weight is 766 g/mol. The number of benzene rings is 3. The number of hydrogen-bond donors (Lipinski definition) is 3. The number of nitrogens with two attached hydrogens (primary N) is 1. The number of carboxylic acids is 2. The van der Waals surface area contributed by atoms with Gasteiger partial charge in [-0.15, -0.1) is 0 Å². The lowest BCUT2D eigenvalue weighted by Gasteiger charge is -2.21. The topological polar surface area (TPSA) is 172 Å². The molecular weight excluding hydrogens is 702 g/mol. The van der Waals surface area contributed by atoms with E-state index >= 15 is 0 Å². The number of hydrogen-bond acceptors (Lipinski definition) is 9. The summed E-state index contributed by atoms with van der Waals surface area (Å²) in [5.74, 6) is -4.36. The molecule has 0 aliphatic rings. The molecule has 0 bridgehead atoms. The molecule has 11 heteroatoms. The van der Waals surface area contributed by atoms with Crippen LogP contribution in [0.25, 0.3) is 0 Å². The maximum Gasteiger partial charge on any atom is 0.307 e. The first-order valence-corrected chi connectivity index (χ1v) is 18.8. The second-order valence-electron chi connectivity index (χ2n) is 15.2. The number of carbonyl (C=O) groups is 4. The molecule has 0 amide bonds. The maximum atomic E-state index is 11.7. The van der Waals surface area contributed by atoms with Gasteiger partial charge < -0.3 is 34.9 Å². The predicted molar refractivity (Wildman–Crippen MR) is 213 cm³/mol. The van der Waals surface area contributed by atoms with E-state index in [1.807, 2.05) is 97.9 Å².